The van der Waals surface area contributed by atoms with Gasteiger partial charge >= 0.3 is 0 Å². The predicted octanol–water partition coefficient (Wildman–Crippen LogP) is 0.671. The van der Waals surface area contributed by atoms with E-state index in [1.54, 1.807) is 18.9 Å². The molecule has 0 aromatic heterocycles. The summed E-state index contributed by atoms with van der Waals surface area (Å²) in [6.45, 7) is 1.99. The minimum atomic E-state index is 0.287. The maximum absolute atomic E-state index is 5.46. The van der Waals surface area contributed by atoms with E-state index in [9.17, 15) is 0 Å². The van der Waals surface area contributed by atoms with Crippen molar-refractivity contribution in [1.29, 1.82) is 0 Å². The summed E-state index contributed by atoms with van der Waals surface area (Å²) in [6, 6.07) is 0.287. The van der Waals surface area contributed by atoms with Gasteiger partial charge in [0, 0.05) is 18.9 Å². The van der Waals surface area contributed by atoms with Crippen LogP contribution in [0.15, 0.2) is 0 Å². The average molecular weight is 135 g/mol. The van der Waals surface area contributed by atoms with Crippen LogP contribution in [0.3, 0.4) is 0 Å². The molecule has 50 valence electrons. The molecule has 0 radical (unpaired) electrons. The standard InChI is InChI=1S/C5H13NOS/c1-5(6)3-8-4-7-2/h5H,3-4,6H2,1-2H3. The topological polar surface area (TPSA) is 35.2 Å². The van der Waals surface area contributed by atoms with Crippen LogP contribution in [-0.4, -0.2) is 24.8 Å². The lowest BCUT2D eigenvalue weighted by molar-refractivity contribution is 0.258. The van der Waals surface area contributed by atoms with Gasteiger partial charge in [0.1, 0.15) is 0 Å². The first-order chi connectivity index (χ1) is 3.77. The summed E-state index contributed by atoms with van der Waals surface area (Å²) < 4.78 is 4.80. The van der Waals surface area contributed by atoms with Crippen molar-refractivity contribution in [2.45, 2.75) is 13.0 Å². The quantitative estimate of drug-likeness (QED) is 0.454. The first-order valence-electron chi connectivity index (χ1n) is 2.59. The van der Waals surface area contributed by atoms with Crippen LogP contribution < -0.4 is 5.73 Å². The van der Waals surface area contributed by atoms with E-state index in [2.05, 4.69) is 0 Å². The van der Waals surface area contributed by atoms with Crippen LogP contribution >= 0.6 is 11.8 Å². The summed E-state index contributed by atoms with van der Waals surface area (Å²) in [5.74, 6) is 1.73. The van der Waals surface area contributed by atoms with E-state index < -0.39 is 0 Å². The smallest absolute Gasteiger partial charge is 0.0917 e. The molecule has 0 spiro atoms. The lowest BCUT2D eigenvalue weighted by Gasteiger charge is -2.01. The Morgan fingerprint density at radius 1 is 1.75 bits per heavy atom. The first kappa shape index (κ1) is 8.27. The lowest BCUT2D eigenvalue weighted by atomic mass is 10.4. The van der Waals surface area contributed by atoms with Gasteiger partial charge in [0.05, 0.1) is 5.94 Å². The Morgan fingerprint density at radius 3 is 2.75 bits per heavy atom. The monoisotopic (exact) mass is 135 g/mol. The van der Waals surface area contributed by atoms with Crippen LogP contribution in [0.4, 0.5) is 0 Å². The van der Waals surface area contributed by atoms with E-state index in [4.69, 9.17) is 10.5 Å². The maximum atomic E-state index is 5.46. The fourth-order valence-electron chi connectivity index (χ4n) is 0.317. The second-order valence-corrected chi connectivity index (χ2v) is 2.73. The molecule has 0 fully saturated rings. The number of ether oxygens (including phenoxy) is 1. The number of thioether (sulfide) groups is 1. The minimum absolute atomic E-state index is 0.287. The summed E-state index contributed by atoms with van der Waals surface area (Å²) in [4.78, 5) is 0. The average Bonchev–Trinajstić information content (AvgIpc) is 1.66. The summed E-state index contributed by atoms with van der Waals surface area (Å²) in [5, 5.41) is 0. The highest BCUT2D eigenvalue weighted by Crippen LogP contribution is 1.99. The van der Waals surface area contributed by atoms with Gasteiger partial charge in [-0.3, -0.25) is 0 Å². The van der Waals surface area contributed by atoms with E-state index in [1.807, 2.05) is 6.92 Å². The van der Waals surface area contributed by atoms with E-state index in [1.165, 1.54) is 0 Å². The van der Waals surface area contributed by atoms with E-state index in [0.717, 1.165) is 11.7 Å². The molecule has 1 atom stereocenters. The third kappa shape index (κ3) is 6.27. The molecule has 2 N–H and O–H groups in total. The van der Waals surface area contributed by atoms with Crippen molar-refractivity contribution in [2.75, 3.05) is 18.8 Å². The molecule has 0 amide bonds. The van der Waals surface area contributed by atoms with Gasteiger partial charge in [0.2, 0.25) is 0 Å². The van der Waals surface area contributed by atoms with Crippen LogP contribution in [0.25, 0.3) is 0 Å². The third-order valence-corrected chi connectivity index (χ3v) is 1.75. The van der Waals surface area contributed by atoms with Crippen molar-refractivity contribution in [3.63, 3.8) is 0 Å². The van der Waals surface area contributed by atoms with Crippen LogP contribution in [0, 0.1) is 0 Å². The van der Waals surface area contributed by atoms with Crippen molar-refractivity contribution in [3.05, 3.63) is 0 Å². The summed E-state index contributed by atoms with van der Waals surface area (Å²) >= 11 is 1.71. The van der Waals surface area contributed by atoms with Gasteiger partial charge in [-0.1, -0.05) is 0 Å². The molecule has 0 aliphatic rings. The van der Waals surface area contributed by atoms with Crippen molar-refractivity contribution >= 4 is 11.8 Å². The molecule has 0 saturated carbocycles. The molecular formula is C5H13NOS. The van der Waals surface area contributed by atoms with Crippen LogP contribution in [0.5, 0.6) is 0 Å². The molecule has 0 bridgehead atoms. The number of nitrogens with two attached hydrogens (primary N) is 1. The fourth-order valence-corrected chi connectivity index (χ4v) is 0.952. The van der Waals surface area contributed by atoms with Crippen molar-refractivity contribution in [2.24, 2.45) is 5.73 Å². The van der Waals surface area contributed by atoms with Gasteiger partial charge < -0.3 is 10.5 Å². The largest absolute Gasteiger partial charge is 0.374 e. The zero-order chi connectivity index (χ0) is 6.41. The second kappa shape index (κ2) is 5.41. The minimum Gasteiger partial charge on any atom is -0.374 e. The maximum Gasteiger partial charge on any atom is 0.0917 e. The molecule has 0 aromatic carbocycles. The number of methoxy groups -OCH3 is 1. The lowest BCUT2D eigenvalue weighted by Crippen LogP contribution is -2.17. The molecule has 3 heteroatoms. The highest BCUT2D eigenvalue weighted by molar-refractivity contribution is 7.99. The van der Waals surface area contributed by atoms with E-state index >= 15 is 0 Å². The highest BCUT2D eigenvalue weighted by atomic mass is 32.2. The van der Waals surface area contributed by atoms with Gasteiger partial charge in [-0.2, -0.15) is 0 Å². The zero-order valence-corrected chi connectivity index (χ0v) is 6.20. The first-order valence-corrected chi connectivity index (χ1v) is 3.75. The Hall–Kier alpha value is 0.270. The Kier molecular flexibility index (Phi) is 5.59. The van der Waals surface area contributed by atoms with Crippen LogP contribution in [0.1, 0.15) is 6.92 Å². The fraction of sp³-hybridized carbons (Fsp3) is 1.00. The Balaban J connectivity index is 2.72. The van der Waals surface area contributed by atoms with E-state index in [0.29, 0.717) is 0 Å². The molecule has 0 aromatic rings. The van der Waals surface area contributed by atoms with Gasteiger partial charge in [-0.15, -0.1) is 11.8 Å². The Bertz CT molecular complexity index is 49.7. The van der Waals surface area contributed by atoms with Gasteiger partial charge in [0.25, 0.3) is 0 Å². The molecule has 0 heterocycles. The van der Waals surface area contributed by atoms with Gasteiger partial charge in [-0.25, -0.2) is 0 Å². The van der Waals surface area contributed by atoms with Crippen molar-refractivity contribution in [1.82, 2.24) is 0 Å². The molecule has 0 rings (SSSR count). The molecule has 8 heavy (non-hydrogen) atoms. The van der Waals surface area contributed by atoms with Crippen molar-refractivity contribution < 1.29 is 4.74 Å². The Morgan fingerprint density at radius 2 is 2.38 bits per heavy atom. The number of rotatable bonds is 4. The molecule has 1 unspecified atom stereocenters. The van der Waals surface area contributed by atoms with Crippen LogP contribution in [0.2, 0.25) is 0 Å². The predicted molar refractivity (Wildman–Crippen MR) is 38.0 cm³/mol. The van der Waals surface area contributed by atoms with Crippen molar-refractivity contribution in [3.8, 4) is 0 Å². The van der Waals surface area contributed by atoms with Gasteiger partial charge in [0.15, 0.2) is 0 Å². The molecular weight excluding hydrogens is 122 g/mol. The number of hydrogen-bond acceptors (Lipinski definition) is 3. The normalized spacial score (nSPS) is 13.9. The van der Waals surface area contributed by atoms with Gasteiger partial charge in [-0.05, 0) is 6.92 Å². The zero-order valence-electron chi connectivity index (χ0n) is 5.39. The summed E-state index contributed by atoms with van der Waals surface area (Å²) in [6.07, 6.45) is 0. The summed E-state index contributed by atoms with van der Waals surface area (Å²) in [7, 11) is 1.69. The molecule has 0 aliphatic carbocycles. The molecule has 2 nitrogen and oxygen atoms in total. The second-order valence-electron chi connectivity index (χ2n) is 1.75. The third-order valence-electron chi connectivity index (χ3n) is 0.582. The molecule has 0 saturated heterocycles. The summed E-state index contributed by atoms with van der Waals surface area (Å²) in [5.41, 5.74) is 5.46. The SMILES string of the molecule is COCSCC(C)N. The van der Waals surface area contributed by atoms with E-state index in [-0.39, 0.29) is 6.04 Å². The van der Waals surface area contributed by atoms with Crippen LogP contribution in [-0.2, 0) is 4.74 Å². The number of hydrogen-bond donors (Lipinski definition) is 1. The molecule has 0 aliphatic heterocycles. The Labute approximate surface area is 54.8 Å². The highest BCUT2D eigenvalue weighted by Gasteiger charge is 1.91.